The molecule has 2 N–H and O–H groups in total. The van der Waals surface area contributed by atoms with Gasteiger partial charge in [-0.15, -0.1) is 0 Å². The maximum absolute atomic E-state index is 12.6. The van der Waals surface area contributed by atoms with Crippen molar-refractivity contribution in [2.75, 3.05) is 0 Å². The second kappa shape index (κ2) is 3.90. The van der Waals surface area contributed by atoms with Crippen LogP contribution in [-0.4, -0.2) is 24.7 Å². The van der Waals surface area contributed by atoms with Crippen LogP contribution in [0.4, 0.5) is 13.2 Å². The highest BCUT2D eigenvalue weighted by Gasteiger charge is 2.43. The van der Waals surface area contributed by atoms with Gasteiger partial charge in [0.1, 0.15) is 19.7 Å². The van der Waals surface area contributed by atoms with Crippen molar-refractivity contribution in [1.29, 1.82) is 0 Å². The number of halogens is 3. The number of piperidine rings is 1. The number of hydrogen-bond donors (Lipinski definition) is 2. The maximum atomic E-state index is 12.6. The lowest BCUT2D eigenvalue weighted by atomic mass is 9.79. The van der Waals surface area contributed by atoms with Gasteiger partial charge in [-0.3, -0.25) is 5.32 Å². The predicted molar refractivity (Wildman–Crippen MR) is 61.7 cm³/mol. The number of nitrogens with one attached hydrogen (secondary N) is 1. The summed E-state index contributed by atoms with van der Waals surface area (Å²) in [5.41, 5.74) is -1.65. The van der Waals surface area contributed by atoms with E-state index in [4.69, 9.17) is 12.6 Å². The van der Waals surface area contributed by atoms with Crippen LogP contribution in [0, 0.1) is 0 Å². The third-order valence-electron chi connectivity index (χ3n) is 3.54. The highest BCUT2D eigenvalue weighted by Crippen LogP contribution is 2.44. The number of hydrogen-bond acceptors (Lipinski definition) is 3. The van der Waals surface area contributed by atoms with E-state index in [2.05, 4.69) is 5.32 Å². The van der Waals surface area contributed by atoms with Crippen LogP contribution in [0.15, 0.2) is 18.2 Å². The highest BCUT2D eigenvalue weighted by atomic mass is 19.4. The molecule has 2 aliphatic rings. The minimum Gasteiger partial charge on any atom is -0.488 e. The SMILES string of the molecule is [B]C1(O)CCC2Oc3cc(C(F)(F)F)ccc3C2N1. The third kappa shape index (κ3) is 2.21. The Bertz CT molecular complexity index is 518. The zero-order valence-electron chi connectivity index (χ0n) is 9.87. The first-order valence-corrected chi connectivity index (χ1v) is 5.93. The van der Waals surface area contributed by atoms with Crippen molar-refractivity contribution in [2.45, 2.75) is 36.8 Å². The van der Waals surface area contributed by atoms with Crippen LogP contribution in [0.3, 0.4) is 0 Å². The van der Waals surface area contributed by atoms with E-state index < -0.39 is 17.4 Å². The highest BCUT2D eigenvalue weighted by molar-refractivity contribution is 6.14. The van der Waals surface area contributed by atoms with Gasteiger partial charge >= 0.3 is 6.18 Å². The van der Waals surface area contributed by atoms with E-state index in [0.717, 1.165) is 12.1 Å². The number of fused-ring (bicyclic) bond motifs is 3. The third-order valence-corrected chi connectivity index (χ3v) is 3.54. The van der Waals surface area contributed by atoms with Crippen LogP contribution in [0.25, 0.3) is 0 Å². The average Bonchev–Trinajstić information content (AvgIpc) is 2.63. The summed E-state index contributed by atoms with van der Waals surface area (Å²) in [5, 5.41) is 12.6. The van der Waals surface area contributed by atoms with Crippen LogP contribution in [-0.2, 0) is 6.18 Å². The zero-order valence-corrected chi connectivity index (χ0v) is 9.87. The molecule has 7 heteroatoms. The van der Waals surface area contributed by atoms with Crippen molar-refractivity contribution < 1.29 is 23.0 Å². The van der Waals surface area contributed by atoms with Crippen molar-refractivity contribution in [3.05, 3.63) is 29.3 Å². The number of benzene rings is 1. The Morgan fingerprint density at radius 3 is 2.84 bits per heavy atom. The number of alkyl halides is 3. The van der Waals surface area contributed by atoms with Gasteiger partial charge < -0.3 is 9.84 Å². The molecular weight excluding hydrogens is 258 g/mol. The summed E-state index contributed by atoms with van der Waals surface area (Å²) in [6, 6.07) is 3.00. The fourth-order valence-electron chi connectivity index (χ4n) is 2.60. The van der Waals surface area contributed by atoms with E-state index in [1.165, 1.54) is 6.07 Å². The Kier molecular flexibility index (Phi) is 2.63. The zero-order chi connectivity index (χ0) is 13.8. The molecule has 100 valence electrons. The van der Waals surface area contributed by atoms with Crippen molar-refractivity contribution in [2.24, 2.45) is 0 Å². The summed E-state index contributed by atoms with van der Waals surface area (Å²) in [7, 11) is 5.60. The summed E-state index contributed by atoms with van der Waals surface area (Å²) >= 11 is 0. The van der Waals surface area contributed by atoms with E-state index in [1.807, 2.05) is 0 Å². The summed E-state index contributed by atoms with van der Waals surface area (Å²) < 4.78 is 43.4. The summed E-state index contributed by atoms with van der Waals surface area (Å²) in [6.45, 7) is 0. The fourth-order valence-corrected chi connectivity index (χ4v) is 2.60. The van der Waals surface area contributed by atoms with Gasteiger partial charge in [0.25, 0.3) is 0 Å². The van der Waals surface area contributed by atoms with Gasteiger partial charge in [0.15, 0.2) is 0 Å². The van der Waals surface area contributed by atoms with Crippen molar-refractivity contribution >= 4 is 7.85 Å². The Labute approximate surface area is 109 Å². The van der Waals surface area contributed by atoms with Gasteiger partial charge in [-0.1, -0.05) is 6.07 Å². The topological polar surface area (TPSA) is 41.5 Å². The molecule has 2 radical (unpaired) electrons. The first-order chi connectivity index (χ1) is 8.76. The van der Waals surface area contributed by atoms with E-state index >= 15 is 0 Å². The Balaban J connectivity index is 1.95. The molecule has 0 aromatic heterocycles. The number of aliphatic hydroxyl groups is 1. The van der Waals surface area contributed by atoms with E-state index in [0.29, 0.717) is 12.0 Å². The molecule has 0 bridgehead atoms. The molecule has 0 saturated carbocycles. The summed E-state index contributed by atoms with van der Waals surface area (Å²) in [5.74, 6) is 0.204. The maximum Gasteiger partial charge on any atom is 0.416 e. The Morgan fingerprint density at radius 1 is 1.42 bits per heavy atom. The minimum atomic E-state index is -4.39. The van der Waals surface area contributed by atoms with Gasteiger partial charge in [0.05, 0.1) is 17.2 Å². The largest absolute Gasteiger partial charge is 0.488 e. The molecule has 0 amide bonds. The van der Waals surface area contributed by atoms with E-state index in [-0.39, 0.29) is 24.3 Å². The number of rotatable bonds is 0. The molecule has 3 nitrogen and oxygen atoms in total. The lowest BCUT2D eigenvalue weighted by molar-refractivity contribution is -0.137. The summed E-state index contributed by atoms with van der Waals surface area (Å²) in [6.07, 6.45) is -3.91. The molecule has 19 heavy (non-hydrogen) atoms. The van der Waals surface area contributed by atoms with Gasteiger partial charge in [-0.25, -0.2) is 0 Å². The molecular formula is C12H11BF3NO2. The van der Waals surface area contributed by atoms with Crippen LogP contribution < -0.4 is 10.1 Å². The fraction of sp³-hybridized carbons (Fsp3) is 0.500. The van der Waals surface area contributed by atoms with Crippen molar-refractivity contribution in [3.8, 4) is 5.75 Å². The Hall–Kier alpha value is -1.21. The van der Waals surface area contributed by atoms with Crippen molar-refractivity contribution in [3.63, 3.8) is 0 Å². The standard InChI is InChI=1S/C12H11BF3NO2/c13-11(18)4-3-8-10(17-11)7-2-1-6(12(14,15)16)5-9(7)19-8/h1-2,5,8,10,17-18H,3-4H2. The van der Waals surface area contributed by atoms with Crippen molar-refractivity contribution in [1.82, 2.24) is 5.32 Å². The van der Waals surface area contributed by atoms with E-state index in [1.54, 1.807) is 0 Å². The Morgan fingerprint density at radius 2 is 2.16 bits per heavy atom. The van der Waals surface area contributed by atoms with Crippen LogP contribution in [0.5, 0.6) is 5.75 Å². The molecule has 0 aliphatic carbocycles. The first-order valence-electron chi connectivity index (χ1n) is 5.93. The quantitative estimate of drug-likeness (QED) is 0.704. The molecule has 3 unspecified atom stereocenters. The molecule has 1 saturated heterocycles. The lowest BCUT2D eigenvalue weighted by Crippen LogP contribution is -2.54. The molecule has 0 spiro atoms. The summed E-state index contributed by atoms with van der Waals surface area (Å²) in [4.78, 5) is 0. The molecule has 3 atom stereocenters. The normalized spacial score (nSPS) is 33.5. The average molecular weight is 269 g/mol. The van der Waals surface area contributed by atoms with Crippen LogP contribution in [0.2, 0.25) is 0 Å². The minimum absolute atomic E-state index is 0.204. The molecule has 3 rings (SSSR count). The van der Waals surface area contributed by atoms with Crippen LogP contribution in [0.1, 0.15) is 30.0 Å². The van der Waals surface area contributed by atoms with E-state index in [9.17, 15) is 18.3 Å². The molecule has 1 aromatic rings. The molecule has 1 fully saturated rings. The second-order valence-corrected chi connectivity index (χ2v) is 4.99. The van der Waals surface area contributed by atoms with Gasteiger partial charge in [0, 0.05) is 5.56 Å². The molecule has 2 heterocycles. The predicted octanol–water partition coefficient (Wildman–Crippen LogP) is 1.71. The van der Waals surface area contributed by atoms with Crippen LogP contribution >= 0.6 is 0 Å². The van der Waals surface area contributed by atoms with Gasteiger partial charge in [0.2, 0.25) is 0 Å². The first kappa shape index (κ1) is 12.8. The van der Waals surface area contributed by atoms with Gasteiger partial charge in [-0.05, 0) is 25.0 Å². The smallest absolute Gasteiger partial charge is 0.416 e. The lowest BCUT2D eigenvalue weighted by Gasteiger charge is -2.37. The van der Waals surface area contributed by atoms with Gasteiger partial charge in [-0.2, -0.15) is 13.2 Å². The number of ether oxygens (including phenoxy) is 1. The monoisotopic (exact) mass is 269 g/mol. The molecule has 1 aromatic carbocycles. The second-order valence-electron chi connectivity index (χ2n) is 4.99. The molecule has 2 aliphatic heterocycles.